The average molecular weight is 825 g/mol. The number of ether oxygens (including phenoxy) is 1. The van der Waals surface area contributed by atoms with Crippen LogP contribution in [-0.2, 0) is 25.5 Å². The Hall–Kier alpha value is -2.35. The first kappa shape index (κ1) is 50.7. The van der Waals surface area contributed by atoms with E-state index < -0.39 is 11.6 Å². The van der Waals surface area contributed by atoms with Gasteiger partial charge in [0.1, 0.15) is 0 Å². The molecule has 2 aliphatic heterocycles. The number of rotatable bonds is 20. The van der Waals surface area contributed by atoms with Gasteiger partial charge in [-0.2, -0.15) is 11.8 Å². The maximum Gasteiger partial charge on any atom is 0.315 e. The number of hydrogen-bond donors (Lipinski definition) is 5. The van der Waals surface area contributed by atoms with Crippen LogP contribution in [-0.4, -0.2) is 83.1 Å². The molecular formula is C42H72N4O6S3. The number of nitrogens with one attached hydrogen (secondary N) is 4. The van der Waals surface area contributed by atoms with E-state index in [9.17, 15) is 19.2 Å². The van der Waals surface area contributed by atoms with Crippen LogP contribution in [0.25, 0.3) is 0 Å². The molecule has 0 aromatic heterocycles. The molecule has 0 spiro atoms. The van der Waals surface area contributed by atoms with E-state index in [0.29, 0.717) is 50.0 Å². The first-order valence-corrected chi connectivity index (χ1v) is 23.1. The number of unbranched alkanes of at least 4 members (excludes halogenated alkanes) is 1. The first-order chi connectivity index (χ1) is 25.6. The van der Waals surface area contributed by atoms with Crippen molar-refractivity contribution in [1.82, 2.24) is 21.3 Å². The summed E-state index contributed by atoms with van der Waals surface area (Å²) in [5.41, 5.74) is 1.99. The van der Waals surface area contributed by atoms with Crippen molar-refractivity contribution in [3.63, 3.8) is 0 Å². The summed E-state index contributed by atoms with van der Waals surface area (Å²) in [5, 5.41) is 21.0. The van der Waals surface area contributed by atoms with E-state index in [1.165, 1.54) is 18.4 Å². The molecule has 3 unspecified atom stereocenters. The Balaban J connectivity index is 0.000000636. The zero-order chi connectivity index (χ0) is 41.7. The zero-order valence-electron chi connectivity index (χ0n) is 35.5. The SMILES string of the molecule is CC(C)=CCCC(C)(C)C.CCCCC(=O)NCC(C)(C)COC(C)(C)CNC(=O)CCC(C)SSc1ccccc1CC(=O)O.O=C1NC2CSCC2N1. The number of amides is 4. The maximum atomic E-state index is 12.4. The van der Waals surface area contributed by atoms with Crippen molar-refractivity contribution in [3.05, 3.63) is 41.5 Å². The molecule has 314 valence electrons. The molecule has 13 heteroatoms. The monoisotopic (exact) mass is 824 g/mol. The number of carbonyl (C=O) groups excluding carboxylic acids is 3. The maximum absolute atomic E-state index is 12.4. The molecule has 0 radical (unpaired) electrons. The Morgan fingerprint density at radius 3 is 2.16 bits per heavy atom. The fourth-order valence-electron chi connectivity index (χ4n) is 5.08. The molecular weight excluding hydrogens is 753 g/mol. The molecule has 2 aliphatic rings. The van der Waals surface area contributed by atoms with Crippen molar-refractivity contribution < 1.29 is 29.0 Å². The molecule has 2 heterocycles. The number of hydrogen-bond acceptors (Lipinski definition) is 8. The molecule has 0 saturated carbocycles. The van der Waals surface area contributed by atoms with Crippen LogP contribution in [0.5, 0.6) is 0 Å². The Labute approximate surface area is 344 Å². The summed E-state index contributed by atoms with van der Waals surface area (Å²) in [4.78, 5) is 46.9. The van der Waals surface area contributed by atoms with Gasteiger partial charge in [-0.05, 0) is 70.4 Å². The van der Waals surface area contributed by atoms with Crippen molar-refractivity contribution in [3.8, 4) is 0 Å². The van der Waals surface area contributed by atoms with Crippen LogP contribution < -0.4 is 21.3 Å². The number of thioether (sulfide) groups is 1. The minimum atomic E-state index is -0.845. The molecule has 3 rings (SSSR count). The zero-order valence-corrected chi connectivity index (χ0v) is 38.0. The average Bonchev–Trinajstić information content (AvgIpc) is 3.67. The van der Waals surface area contributed by atoms with Crippen LogP contribution >= 0.6 is 33.3 Å². The van der Waals surface area contributed by atoms with E-state index in [4.69, 9.17) is 9.84 Å². The topological polar surface area (TPSA) is 146 Å². The molecule has 0 aliphatic carbocycles. The molecule has 0 bridgehead atoms. The number of carboxylic acids is 1. The van der Waals surface area contributed by atoms with Crippen LogP contribution in [0.3, 0.4) is 0 Å². The number of benzene rings is 1. The van der Waals surface area contributed by atoms with Crippen molar-refractivity contribution in [1.29, 1.82) is 0 Å². The fraction of sp³-hybridized carbons (Fsp3) is 0.714. The van der Waals surface area contributed by atoms with Gasteiger partial charge in [0.05, 0.1) is 30.7 Å². The third-order valence-corrected chi connectivity index (χ3v) is 12.9. The standard InChI is InChI=1S/C27H44N2O5S2.C10H20.C5H8N2OS/c1-7-8-13-23(30)28-17-26(3,4)19-34-27(5,6)18-29-24(31)15-14-20(2)35-36-22-12-10-9-11-21(22)16-25(32)33;1-9(2)7-6-8-10(3,4)5;8-5-6-3-1-9-2-4(3)7-5/h9-12,20H,7-8,13-19H2,1-6H3,(H,28,30)(H,29,31)(H,32,33);7H,6,8H2,1-5H3;3-4H,1-2H2,(H2,6,7,8). The van der Waals surface area contributed by atoms with Crippen molar-refractivity contribution in [2.75, 3.05) is 31.2 Å². The lowest BCUT2D eigenvalue weighted by Crippen LogP contribution is -2.44. The molecule has 55 heavy (non-hydrogen) atoms. The lowest BCUT2D eigenvalue weighted by Gasteiger charge is -2.32. The van der Waals surface area contributed by atoms with E-state index in [-0.39, 0.29) is 34.9 Å². The van der Waals surface area contributed by atoms with Crippen LogP contribution in [0.15, 0.2) is 40.8 Å². The normalized spacial score (nSPS) is 16.9. The van der Waals surface area contributed by atoms with Crippen molar-refractivity contribution in [2.24, 2.45) is 10.8 Å². The second-order valence-electron chi connectivity index (χ2n) is 17.3. The van der Waals surface area contributed by atoms with E-state index in [0.717, 1.165) is 41.2 Å². The number of allylic oxidation sites excluding steroid dienone is 2. The molecule has 2 fully saturated rings. The summed E-state index contributed by atoms with van der Waals surface area (Å²) in [6, 6.07) is 8.33. The molecule has 5 N–H and O–H groups in total. The predicted molar refractivity (Wildman–Crippen MR) is 234 cm³/mol. The van der Waals surface area contributed by atoms with Gasteiger partial charge in [0, 0.05) is 53.0 Å². The van der Waals surface area contributed by atoms with Gasteiger partial charge in [0.2, 0.25) is 11.8 Å². The minimum absolute atomic E-state index is 0.00313. The predicted octanol–water partition coefficient (Wildman–Crippen LogP) is 9.03. The molecule has 1 aromatic rings. The smallest absolute Gasteiger partial charge is 0.315 e. The van der Waals surface area contributed by atoms with E-state index in [2.05, 4.69) is 89.7 Å². The lowest BCUT2D eigenvalue weighted by atomic mass is 9.90. The highest BCUT2D eigenvalue weighted by Gasteiger charge is 2.35. The van der Waals surface area contributed by atoms with Gasteiger partial charge >= 0.3 is 12.0 Å². The summed E-state index contributed by atoms with van der Waals surface area (Å²) in [6.45, 7) is 24.7. The molecule has 2 saturated heterocycles. The lowest BCUT2D eigenvalue weighted by molar-refractivity contribution is -0.136. The van der Waals surface area contributed by atoms with Gasteiger partial charge in [0.25, 0.3) is 0 Å². The summed E-state index contributed by atoms with van der Waals surface area (Å²) in [7, 11) is 3.21. The van der Waals surface area contributed by atoms with Crippen LogP contribution in [0.4, 0.5) is 4.79 Å². The largest absolute Gasteiger partial charge is 0.481 e. The number of aliphatic carboxylic acids is 1. The molecule has 3 atom stereocenters. The van der Waals surface area contributed by atoms with E-state index in [1.807, 2.05) is 49.9 Å². The van der Waals surface area contributed by atoms with Gasteiger partial charge in [0.15, 0.2) is 0 Å². The van der Waals surface area contributed by atoms with Gasteiger partial charge in [-0.3, -0.25) is 14.4 Å². The Kier molecular flexibility index (Phi) is 23.8. The Morgan fingerprint density at radius 1 is 0.982 bits per heavy atom. The summed E-state index contributed by atoms with van der Waals surface area (Å²) in [6.07, 6.45) is 8.41. The minimum Gasteiger partial charge on any atom is -0.481 e. The summed E-state index contributed by atoms with van der Waals surface area (Å²) >= 11 is 1.89. The van der Waals surface area contributed by atoms with E-state index >= 15 is 0 Å². The number of carbonyl (C=O) groups is 4. The van der Waals surface area contributed by atoms with Gasteiger partial charge in [-0.25, -0.2) is 4.79 Å². The fourth-order valence-corrected chi connectivity index (χ4v) is 8.80. The number of carboxylic acid groups (broad SMARTS) is 1. The highest BCUT2D eigenvalue weighted by Crippen LogP contribution is 2.38. The van der Waals surface area contributed by atoms with Gasteiger partial charge < -0.3 is 31.1 Å². The molecule has 10 nitrogen and oxygen atoms in total. The number of urea groups is 1. The van der Waals surface area contributed by atoms with Crippen LogP contribution in [0.2, 0.25) is 0 Å². The molecule has 4 amide bonds. The van der Waals surface area contributed by atoms with Gasteiger partial charge in [-0.15, -0.1) is 0 Å². The number of fused-ring (bicyclic) bond motifs is 1. The van der Waals surface area contributed by atoms with Crippen LogP contribution in [0.1, 0.15) is 127 Å². The second kappa shape index (κ2) is 25.8. The third kappa shape index (κ3) is 25.5. The third-order valence-electron chi connectivity index (χ3n) is 8.64. The summed E-state index contributed by atoms with van der Waals surface area (Å²) < 4.78 is 6.09. The van der Waals surface area contributed by atoms with Crippen molar-refractivity contribution >= 4 is 57.2 Å². The molecule has 1 aromatic carbocycles. The Bertz CT molecular complexity index is 1350. The second-order valence-corrected chi connectivity index (χ2v) is 21.1. The van der Waals surface area contributed by atoms with Crippen LogP contribution in [0, 0.1) is 10.8 Å². The van der Waals surface area contributed by atoms with E-state index in [1.54, 1.807) is 21.6 Å². The summed E-state index contributed by atoms with van der Waals surface area (Å²) in [5.74, 6) is 1.36. The highest BCUT2D eigenvalue weighted by atomic mass is 33.1. The first-order valence-electron chi connectivity index (χ1n) is 19.7. The van der Waals surface area contributed by atoms with Gasteiger partial charge in [-0.1, -0.05) is 106 Å². The van der Waals surface area contributed by atoms with Crippen molar-refractivity contribution in [2.45, 2.75) is 155 Å². The quantitative estimate of drug-likeness (QED) is 0.0494. The Morgan fingerprint density at radius 2 is 1.58 bits per heavy atom. The highest BCUT2D eigenvalue weighted by molar-refractivity contribution is 8.77.